The van der Waals surface area contributed by atoms with E-state index in [1.54, 1.807) is 11.8 Å². The number of para-hydroxylation sites is 3. The molecule has 1 N–H and O–H groups in total. The predicted molar refractivity (Wildman–Crippen MR) is 134 cm³/mol. The van der Waals surface area contributed by atoms with E-state index >= 15 is 0 Å². The molecule has 0 aliphatic heterocycles. The number of carbonyl (C=O) groups excluding carboxylic acids is 1. The first-order chi connectivity index (χ1) is 16.6. The molecule has 0 spiro atoms. The molecule has 0 fully saturated rings. The zero-order chi connectivity index (χ0) is 23.9. The van der Waals surface area contributed by atoms with Gasteiger partial charge in [0.1, 0.15) is 0 Å². The predicted octanol–water partition coefficient (Wildman–Crippen LogP) is 6.12. The highest BCUT2D eigenvalue weighted by molar-refractivity contribution is 5.91. The summed E-state index contributed by atoms with van der Waals surface area (Å²) in [6.45, 7) is 4.06. The normalized spacial score (nSPS) is 10.7. The Hall–Kier alpha value is -4.06. The molecule has 0 radical (unpaired) electrons. The van der Waals surface area contributed by atoms with Gasteiger partial charge in [0.15, 0.2) is 11.5 Å². The van der Waals surface area contributed by atoms with Crippen molar-refractivity contribution in [3.8, 4) is 23.1 Å². The number of hydrogen-bond acceptors (Lipinski definition) is 4. The lowest BCUT2D eigenvalue weighted by Gasteiger charge is -2.14. The van der Waals surface area contributed by atoms with Crippen molar-refractivity contribution in [2.45, 2.75) is 33.1 Å². The van der Waals surface area contributed by atoms with Crippen LogP contribution in [0.2, 0.25) is 0 Å². The summed E-state index contributed by atoms with van der Waals surface area (Å²) < 4.78 is 13.7. The van der Waals surface area contributed by atoms with Crippen molar-refractivity contribution in [3.05, 3.63) is 95.7 Å². The summed E-state index contributed by atoms with van der Waals surface area (Å²) in [5, 5.41) is 7.83. The number of hydrogen-bond donors (Lipinski definition) is 1. The van der Waals surface area contributed by atoms with Gasteiger partial charge in [0, 0.05) is 17.7 Å². The lowest BCUT2D eigenvalue weighted by Crippen LogP contribution is -2.13. The average Bonchev–Trinajstić information content (AvgIpc) is 3.21. The van der Waals surface area contributed by atoms with Crippen LogP contribution in [0.4, 0.5) is 5.69 Å². The molecular formula is C28H29N3O3. The van der Waals surface area contributed by atoms with Gasteiger partial charge in [-0.05, 0) is 61.7 Å². The Balaban J connectivity index is 1.66. The third-order valence-corrected chi connectivity index (χ3v) is 5.53. The summed E-state index contributed by atoms with van der Waals surface area (Å²) >= 11 is 0. The van der Waals surface area contributed by atoms with Crippen molar-refractivity contribution in [2.75, 3.05) is 12.4 Å². The molecule has 0 aliphatic carbocycles. The molecule has 0 aliphatic rings. The van der Waals surface area contributed by atoms with E-state index in [9.17, 15) is 4.79 Å². The van der Waals surface area contributed by atoms with Gasteiger partial charge in [-0.25, -0.2) is 4.68 Å². The van der Waals surface area contributed by atoms with E-state index in [4.69, 9.17) is 14.6 Å². The molecule has 1 amide bonds. The van der Waals surface area contributed by atoms with Crippen LogP contribution in [-0.2, 0) is 17.6 Å². The van der Waals surface area contributed by atoms with Crippen molar-refractivity contribution in [1.29, 1.82) is 0 Å². The van der Waals surface area contributed by atoms with E-state index in [0.717, 1.165) is 34.6 Å². The van der Waals surface area contributed by atoms with E-state index in [1.807, 2.05) is 85.8 Å². The van der Waals surface area contributed by atoms with Crippen LogP contribution in [0.15, 0.2) is 78.9 Å². The van der Waals surface area contributed by atoms with Crippen molar-refractivity contribution in [2.24, 2.45) is 0 Å². The third-order valence-electron chi connectivity index (χ3n) is 5.53. The van der Waals surface area contributed by atoms with Crippen molar-refractivity contribution < 1.29 is 14.3 Å². The molecule has 4 rings (SSSR count). The first-order valence-electron chi connectivity index (χ1n) is 11.4. The summed E-state index contributed by atoms with van der Waals surface area (Å²) in [7, 11) is 1.62. The summed E-state index contributed by atoms with van der Waals surface area (Å²) in [5.41, 5.74) is 4.60. The number of amides is 1. The van der Waals surface area contributed by atoms with Gasteiger partial charge < -0.3 is 14.8 Å². The maximum atomic E-state index is 12.7. The van der Waals surface area contributed by atoms with Gasteiger partial charge in [0.2, 0.25) is 11.8 Å². The standard InChI is InChI=1S/C28H29N3O3/c1-4-24-23(17-18-27(32)29-21-12-10-11-20(2)19-21)28(31(30-24)22-13-6-5-7-14-22)34-26-16-9-8-15-25(26)33-3/h5-16,19H,4,17-18H2,1-3H3,(H,29,32). The molecule has 1 aromatic heterocycles. The molecular weight excluding hydrogens is 426 g/mol. The molecule has 4 aromatic rings. The molecule has 6 heteroatoms. The molecule has 174 valence electrons. The fourth-order valence-electron chi connectivity index (χ4n) is 3.85. The molecule has 3 aromatic carbocycles. The van der Waals surface area contributed by atoms with E-state index < -0.39 is 0 Å². The highest BCUT2D eigenvalue weighted by atomic mass is 16.5. The number of aryl methyl sites for hydroxylation is 2. The molecule has 1 heterocycles. The van der Waals surface area contributed by atoms with Crippen molar-refractivity contribution in [1.82, 2.24) is 9.78 Å². The summed E-state index contributed by atoms with van der Waals surface area (Å²) in [6, 6.07) is 25.2. The van der Waals surface area contributed by atoms with Crippen LogP contribution in [0, 0.1) is 6.92 Å². The van der Waals surface area contributed by atoms with E-state index in [-0.39, 0.29) is 5.91 Å². The zero-order valence-electron chi connectivity index (χ0n) is 19.7. The van der Waals surface area contributed by atoms with Crippen LogP contribution in [-0.4, -0.2) is 22.8 Å². The van der Waals surface area contributed by atoms with Crippen LogP contribution in [0.3, 0.4) is 0 Å². The van der Waals surface area contributed by atoms with Crippen molar-refractivity contribution >= 4 is 11.6 Å². The number of anilines is 1. The number of nitrogens with one attached hydrogen (secondary N) is 1. The van der Waals surface area contributed by atoms with Crippen molar-refractivity contribution in [3.63, 3.8) is 0 Å². The Kier molecular flexibility index (Phi) is 7.28. The first kappa shape index (κ1) is 23.1. The Morgan fingerprint density at radius 3 is 2.41 bits per heavy atom. The lowest BCUT2D eigenvalue weighted by molar-refractivity contribution is -0.116. The van der Waals surface area contributed by atoms with Crippen LogP contribution in [0.5, 0.6) is 17.4 Å². The molecule has 0 bridgehead atoms. The van der Waals surface area contributed by atoms with E-state index in [2.05, 4.69) is 12.2 Å². The molecule has 6 nitrogen and oxygen atoms in total. The highest BCUT2D eigenvalue weighted by Crippen LogP contribution is 2.36. The Labute approximate surface area is 200 Å². The monoisotopic (exact) mass is 455 g/mol. The summed E-state index contributed by atoms with van der Waals surface area (Å²) in [5.74, 6) is 1.76. The third kappa shape index (κ3) is 5.29. The molecule has 0 saturated carbocycles. The second-order valence-electron chi connectivity index (χ2n) is 8.00. The van der Waals surface area contributed by atoms with Gasteiger partial charge in [-0.15, -0.1) is 0 Å². The summed E-state index contributed by atoms with van der Waals surface area (Å²) in [6.07, 6.45) is 1.53. The largest absolute Gasteiger partial charge is 0.493 e. The van der Waals surface area contributed by atoms with Crippen LogP contribution < -0.4 is 14.8 Å². The van der Waals surface area contributed by atoms with E-state index in [0.29, 0.717) is 30.2 Å². The number of methoxy groups -OCH3 is 1. The highest BCUT2D eigenvalue weighted by Gasteiger charge is 2.22. The fraction of sp³-hybridized carbons (Fsp3) is 0.214. The van der Waals surface area contributed by atoms with Gasteiger partial charge >= 0.3 is 0 Å². The number of nitrogens with zero attached hydrogens (tertiary/aromatic N) is 2. The molecule has 34 heavy (non-hydrogen) atoms. The topological polar surface area (TPSA) is 65.4 Å². The van der Waals surface area contributed by atoms with Crippen LogP contribution in [0.25, 0.3) is 5.69 Å². The molecule has 0 unspecified atom stereocenters. The maximum absolute atomic E-state index is 12.7. The van der Waals surface area contributed by atoms with Gasteiger partial charge in [-0.1, -0.05) is 49.4 Å². The molecule has 0 saturated heterocycles. The Bertz CT molecular complexity index is 1270. The quantitative estimate of drug-likeness (QED) is 0.330. The fourth-order valence-corrected chi connectivity index (χ4v) is 3.85. The average molecular weight is 456 g/mol. The summed E-state index contributed by atoms with van der Waals surface area (Å²) in [4.78, 5) is 12.7. The minimum Gasteiger partial charge on any atom is -0.493 e. The lowest BCUT2D eigenvalue weighted by atomic mass is 10.1. The number of aromatic nitrogens is 2. The number of carbonyl (C=O) groups is 1. The Morgan fingerprint density at radius 2 is 1.71 bits per heavy atom. The number of ether oxygens (including phenoxy) is 2. The Morgan fingerprint density at radius 1 is 0.971 bits per heavy atom. The number of benzene rings is 3. The van der Waals surface area contributed by atoms with E-state index in [1.165, 1.54) is 0 Å². The number of rotatable bonds is 9. The zero-order valence-corrected chi connectivity index (χ0v) is 19.7. The van der Waals surface area contributed by atoms with Gasteiger partial charge in [-0.3, -0.25) is 4.79 Å². The van der Waals surface area contributed by atoms with Crippen LogP contribution >= 0.6 is 0 Å². The minimum absolute atomic E-state index is 0.0524. The SMILES string of the molecule is CCc1nn(-c2ccccc2)c(Oc2ccccc2OC)c1CCC(=O)Nc1cccc(C)c1. The van der Waals surface area contributed by atoms with Gasteiger partial charge in [0.05, 0.1) is 18.5 Å². The van der Waals surface area contributed by atoms with Crippen LogP contribution in [0.1, 0.15) is 30.2 Å². The first-order valence-corrected chi connectivity index (χ1v) is 11.4. The maximum Gasteiger partial charge on any atom is 0.226 e. The van der Waals surface area contributed by atoms with Gasteiger partial charge in [0.25, 0.3) is 0 Å². The van der Waals surface area contributed by atoms with Gasteiger partial charge in [-0.2, -0.15) is 5.10 Å². The smallest absolute Gasteiger partial charge is 0.226 e. The minimum atomic E-state index is -0.0524. The second kappa shape index (κ2) is 10.7. The molecule has 0 atom stereocenters. The second-order valence-corrected chi connectivity index (χ2v) is 8.00.